The van der Waals surface area contributed by atoms with Crippen molar-refractivity contribution in [3.05, 3.63) is 129 Å². The zero-order chi connectivity index (χ0) is 29.1. The second kappa shape index (κ2) is 11.7. The first-order chi connectivity index (χ1) is 20.5. The highest BCUT2D eigenvalue weighted by molar-refractivity contribution is 7.15. The van der Waals surface area contributed by atoms with E-state index in [1.807, 2.05) is 90.6 Å². The SMILES string of the molecule is C=CCOc1ccc(/C=C/c2nc3s/c(=C\c4cn(-c5ccccc5)nc4-c4ccc(C)cc4)c(=O)n3n2)cc1OC. The predicted octanol–water partition coefficient (Wildman–Crippen LogP) is 5.60. The first-order valence-electron chi connectivity index (χ1n) is 13.3. The van der Waals surface area contributed by atoms with E-state index >= 15 is 0 Å². The first kappa shape index (κ1) is 26.9. The minimum atomic E-state index is -0.227. The van der Waals surface area contributed by atoms with Crippen LogP contribution in [0, 0.1) is 6.92 Å². The smallest absolute Gasteiger partial charge is 0.291 e. The Morgan fingerprint density at radius 3 is 2.52 bits per heavy atom. The molecule has 0 N–H and O–H groups in total. The van der Waals surface area contributed by atoms with E-state index in [0.717, 1.165) is 33.6 Å². The van der Waals surface area contributed by atoms with Crippen LogP contribution in [-0.2, 0) is 0 Å². The fraction of sp³-hybridized carbons (Fsp3) is 0.0909. The molecule has 0 aliphatic rings. The van der Waals surface area contributed by atoms with Crippen LogP contribution in [0.15, 0.2) is 96.4 Å². The number of nitrogens with zero attached hydrogens (tertiary/aromatic N) is 5. The molecular weight excluding hydrogens is 546 g/mol. The summed E-state index contributed by atoms with van der Waals surface area (Å²) in [7, 11) is 1.59. The molecule has 8 nitrogen and oxygen atoms in total. The summed E-state index contributed by atoms with van der Waals surface area (Å²) in [5.74, 6) is 1.68. The van der Waals surface area contributed by atoms with Gasteiger partial charge in [0.2, 0.25) is 4.96 Å². The highest BCUT2D eigenvalue weighted by Gasteiger charge is 2.14. The van der Waals surface area contributed by atoms with Crippen LogP contribution >= 0.6 is 11.3 Å². The summed E-state index contributed by atoms with van der Waals surface area (Å²) >= 11 is 1.29. The Morgan fingerprint density at radius 2 is 1.79 bits per heavy atom. The first-order valence-corrected chi connectivity index (χ1v) is 14.1. The van der Waals surface area contributed by atoms with Crippen molar-refractivity contribution >= 4 is 34.5 Å². The van der Waals surface area contributed by atoms with Gasteiger partial charge in [0.25, 0.3) is 5.56 Å². The lowest BCUT2D eigenvalue weighted by molar-refractivity contribution is 0.326. The van der Waals surface area contributed by atoms with Crippen LogP contribution in [0.25, 0.3) is 40.1 Å². The maximum atomic E-state index is 13.3. The molecule has 0 fully saturated rings. The van der Waals surface area contributed by atoms with Gasteiger partial charge >= 0.3 is 0 Å². The number of hydrogen-bond acceptors (Lipinski definition) is 7. The van der Waals surface area contributed by atoms with Crippen molar-refractivity contribution < 1.29 is 9.47 Å². The number of para-hydroxylation sites is 1. The molecule has 0 saturated heterocycles. The second-order valence-corrected chi connectivity index (χ2v) is 10.5. The number of methoxy groups -OCH3 is 1. The largest absolute Gasteiger partial charge is 0.493 e. The number of fused-ring (bicyclic) bond motifs is 1. The zero-order valence-corrected chi connectivity index (χ0v) is 23.9. The third kappa shape index (κ3) is 5.50. The van der Waals surface area contributed by atoms with Gasteiger partial charge in [0.1, 0.15) is 6.61 Å². The summed E-state index contributed by atoms with van der Waals surface area (Å²) in [6, 6.07) is 23.7. The number of thiazole rings is 1. The van der Waals surface area contributed by atoms with Crippen LogP contribution in [-0.4, -0.2) is 38.1 Å². The summed E-state index contributed by atoms with van der Waals surface area (Å²) in [6.07, 6.45) is 9.11. The van der Waals surface area contributed by atoms with Crippen molar-refractivity contribution in [2.45, 2.75) is 6.92 Å². The van der Waals surface area contributed by atoms with Crippen molar-refractivity contribution in [1.29, 1.82) is 0 Å². The van der Waals surface area contributed by atoms with Crippen molar-refractivity contribution in [3.63, 3.8) is 0 Å². The number of aromatic nitrogens is 5. The van der Waals surface area contributed by atoms with Gasteiger partial charge in [-0.15, -0.1) is 5.10 Å². The van der Waals surface area contributed by atoms with Crippen molar-refractivity contribution in [2.75, 3.05) is 13.7 Å². The van der Waals surface area contributed by atoms with E-state index in [-0.39, 0.29) is 5.56 Å². The molecule has 0 aliphatic carbocycles. The van der Waals surface area contributed by atoms with E-state index < -0.39 is 0 Å². The lowest BCUT2D eigenvalue weighted by Gasteiger charge is -2.09. The van der Waals surface area contributed by atoms with E-state index in [4.69, 9.17) is 14.6 Å². The standard InChI is InChI=1S/C33H27N5O3S/c1-4-18-41-27-16-12-23(19-28(27)40-3)13-17-30-34-33-38(35-30)32(39)29(42-33)20-25-21-37(26-8-6-5-7-9-26)36-31(25)24-14-10-22(2)11-15-24/h4-17,19-21H,1,18H2,2-3H3/b17-13+,29-20-. The number of hydrogen-bond donors (Lipinski definition) is 0. The summed E-state index contributed by atoms with van der Waals surface area (Å²) in [4.78, 5) is 18.4. The third-order valence-corrected chi connectivity index (χ3v) is 7.50. The van der Waals surface area contributed by atoms with Crippen LogP contribution in [0.5, 0.6) is 11.5 Å². The van der Waals surface area contributed by atoms with Gasteiger partial charge in [-0.25, -0.2) is 4.68 Å². The Bertz CT molecular complexity index is 2020. The molecule has 0 spiro atoms. The summed E-state index contributed by atoms with van der Waals surface area (Å²) < 4.78 is 14.8. The molecule has 6 rings (SSSR count). The minimum Gasteiger partial charge on any atom is -0.493 e. The maximum Gasteiger partial charge on any atom is 0.291 e. The molecule has 0 atom stereocenters. The van der Waals surface area contributed by atoms with Crippen molar-refractivity contribution in [2.24, 2.45) is 0 Å². The minimum absolute atomic E-state index is 0.227. The van der Waals surface area contributed by atoms with E-state index in [9.17, 15) is 4.79 Å². The normalized spacial score (nSPS) is 11.9. The molecule has 0 bridgehead atoms. The third-order valence-electron chi connectivity index (χ3n) is 6.54. The Balaban J connectivity index is 1.33. The Kier molecular flexibility index (Phi) is 7.49. The molecule has 208 valence electrons. The molecule has 0 radical (unpaired) electrons. The highest BCUT2D eigenvalue weighted by atomic mass is 32.1. The average molecular weight is 574 g/mol. The number of ether oxygens (including phenoxy) is 2. The lowest BCUT2D eigenvalue weighted by atomic mass is 10.1. The van der Waals surface area contributed by atoms with Crippen LogP contribution < -0.4 is 19.6 Å². The summed E-state index contributed by atoms with van der Waals surface area (Å²) in [5, 5.41) is 9.31. The Morgan fingerprint density at radius 1 is 0.976 bits per heavy atom. The topological polar surface area (TPSA) is 83.5 Å². The van der Waals surface area contributed by atoms with E-state index in [2.05, 4.69) is 28.8 Å². The Hall–Kier alpha value is -5.28. The fourth-order valence-corrected chi connectivity index (χ4v) is 5.33. The van der Waals surface area contributed by atoms with Gasteiger partial charge in [0.05, 0.1) is 23.0 Å². The maximum absolute atomic E-state index is 13.3. The van der Waals surface area contributed by atoms with Crippen LogP contribution in [0.4, 0.5) is 0 Å². The van der Waals surface area contributed by atoms with Gasteiger partial charge in [-0.1, -0.05) is 84.2 Å². The van der Waals surface area contributed by atoms with E-state index in [1.54, 1.807) is 19.3 Å². The van der Waals surface area contributed by atoms with Crippen molar-refractivity contribution in [1.82, 2.24) is 24.4 Å². The Labute approximate surface area is 246 Å². The number of benzene rings is 3. The molecule has 6 aromatic rings. The van der Waals surface area contributed by atoms with E-state index in [0.29, 0.717) is 33.4 Å². The fourth-order valence-electron chi connectivity index (χ4n) is 4.43. The number of rotatable bonds is 9. The molecule has 9 heteroatoms. The van der Waals surface area contributed by atoms with Gasteiger partial charge in [-0.05, 0) is 48.9 Å². The average Bonchev–Trinajstić information content (AvgIpc) is 3.70. The molecular formula is C33H27N5O3S. The molecule has 0 unspecified atom stereocenters. The lowest BCUT2D eigenvalue weighted by Crippen LogP contribution is -2.23. The van der Waals surface area contributed by atoms with Gasteiger partial charge in [0.15, 0.2) is 17.3 Å². The molecule has 3 aromatic carbocycles. The van der Waals surface area contributed by atoms with Gasteiger partial charge in [-0.3, -0.25) is 4.79 Å². The molecule has 0 amide bonds. The molecule has 3 heterocycles. The van der Waals surface area contributed by atoms with Crippen LogP contribution in [0.1, 0.15) is 22.5 Å². The monoisotopic (exact) mass is 573 g/mol. The van der Waals surface area contributed by atoms with E-state index in [1.165, 1.54) is 15.9 Å². The zero-order valence-electron chi connectivity index (χ0n) is 23.1. The quantitative estimate of drug-likeness (QED) is 0.209. The second-order valence-electron chi connectivity index (χ2n) is 9.50. The van der Waals surface area contributed by atoms with Crippen molar-refractivity contribution in [3.8, 4) is 28.4 Å². The van der Waals surface area contributed by atoms with Gasteiger partial charge < -0.3 is 9.47 Å². The molecule has 42 heavy (non-hydrogen) atoms. The van der Waals surface area contributed by atoms with Gasteiger partial charge in [0, 0.05) is 17.3 Å². The highest BCUT2D eigenvalue weighted by Crippen LogP contribution is 2.29. The molecule has 3 aromatic heterocycles. The van der Waals surface area contributed by atoms with Crippen LogP contribution in [0.3, 0.4) is 0 Å². The summed E-state index contributed by atoms with van der Waals surface area (Å²) in [5.41, 5.74) is 5.34. The number of aryl methyl sites for hydroxylation is 1. The predicted molar refractivity (Wildman–Crippen MR) is 167 cm³/mol. The van der Waals surface area contributed by atoms with Gasteiger partial charge in [-0.2, -0.15) is 14.6 Å². The van der Waals surface area contributed by atoms with Crippen LogP contribution in [0.2, 0.25) is 0 Å². The molecule has 0 saturated carbocycles. The summed E-state index contributed by atoms with van der Waals surface area (Å²) in [6.45, 7) is 6.11. The molecule has 0 aliphatic heterocycles.